The summed E-state index contributed by atoms with van der Waals surface area (Å²) >= 11 is 0. The minimum atomic E-state index is -0.890. The lowest BCUT2D eigenvalue weighted by atomic mass is 9.90. The number of hydrogen-bond donors (Lipinski definition) is 2. The summed E-state index contributed by atoms with van der Waals surface area (Å²) in [7, 11) is 0. The van der Waals surface area contributed by atoms with Gasteiger partial charge < -0.3 is 30.3 Å². The zero-order chi connectivity index (χ0) is 39.7. The molecule has 0 aliphatic carbocycles. The molecule has 2 aliphatic heterocycles. The third-order valence-corrected chi connectivity index (χ3v) is 12.0. The van der Waals surface area contributed by atoms with Crippen molar-refractivity contribution in [1.29, 1.82) is 0 Å². The van der Waals surface area contributed by atoms with E-state index < -0.39 is 21.4 Å². The van der Waals surface area contributed by atoms with Crippen molar-refractivity contribution < 1.29 is 18.9 Å². The van der Waals surface area contributed by atoms with Gasteiger partial charge in [0.2, 0.25) is 0 Å². The SMILES string of the molecule is CC(C)c1cccc(C(C)C)c1NC(=O)C1Cc2ccccc2C[N+]1([O-])CCC[N+]1([O-])Cc2ccccc2CC1C(=O)Nc1c(C(C)C)cccc1C(C)C. The zero-order valence-corrected chi connectivity index (χ0v) is 34.0. The average Bonchev–Trinajstić information content (AvgIpc) is 3.13. The molecule has 0 radical (unpaired) electrons. The Balaban J connectivity index is 1.29. The van der Waals surface area contributed by atoms with E-state index >= 15 is 10.4 Å². The van der Waals surface area contributed by atoms with Gasteiger partial charge in [0.05, 0.1) is 13.1 Å². The molecule has 4 aromatic carbocycles. The van der Waals surface area contributed by atoms with E-state index in [2.05, 4.69) is 66.0 Å². The molecule has 0 bridgehead atoms. The van der Waals surface area contributed by atoms with Crippen molar-refractivity contribution in [2.24, 2.45) is 0 Å². The minimum Gasteiger partial charge on any atom is -0.632 e. The Hall–Kier alpha value is -4.34. The highest BCUT2D eigenvalue weighted by molar-refractivity contribution is 5.97. The van der Waals surface area contributed by atoms with E-state index in [0.29, 0.717) is 12.8 Å². The molecule has 2 N–H and O–H groups in total. The Morgan fingerprint density at radius 1 is 0.527 bits per heavy atom. The number of hydrogen-bond acceptors (Lipinski definition) is 4. The fourth-order valence-electron chi connectivity index (χ4n) is 8.86. The van der Waals surface area contributed by atoms with Crippen molar-refractivity contribution in [2.75, 3.05) is 23.7 Å². The monoisotopic (exact) mass is 744 g/mol. The second-order valence-corrected chi connectivity index (χ2v) is 17.2. The molecule has 2 aliphatic rings. The third kappa shape index (κ3) is 8.43. The van der Waals surface area contributed by atoms with Gasteiger partial charge in [0.15, 0.2) is 12.1 Å². The smallest absolute Gasteiger partial charge is 0.283 e. The second-order valence-electron chi connectivity index (χ2n) is 17.2. The fraction of sp³-hybridized carbons (Fsp3) is 0.447. The quantitative estimate of drug-likeness (QED) is 0.111. The number of hydroxylamine groups is 6. The number of amides is 2. The van der Waals surface area contributed by atoms with Crippen LogP contribution in [0.2, 0.25) is 0 Å². The minimum absolute atomic E-state index is 0.0845. The van der Waals surface area contributed by atoms with Crippen LogP contribution in [0.4, 0.5) is 11.4 Å². The second kappa shape index (κ2) is 16.4. The molecule has 4 aromatic rings. The maximum absolute atomic E-state index is 15.2. The molecule has 6 rings (SSSR count). The molecule has 4 unspecified atom stereocenters. The average molecular weight is 745 g/mol. The Morgan fingerprint density at radius 3 is 1.15 bits per heavy atom. The highest BCUT2D eigenvalue weighted by Crippen LogP contribution is 2.38. The molecule has 8 nitrogen and oxygen atoms in total. The number of carbonyl (C=O) groups excluding carboxylic acids is 2. The number of benzene rings is 4. The molecular weight excluding hydrogens is 685 g/mol. The third-order valence-electron chi connectivity index (χ3n) is 12.0. The summed E-state index contributed by atoms with van der Waals surface area (Å²) in [5.74, 6) is 0.139. The van der Waals surface area contributed by atoms with Crippen LogP contribution in [0, 0.1) is 10.4 Å². The number of anilines is 2. The first-order valence-electron chi connectivity index (χ1n) is 20.3. The Bertz CT molecular complexity index is 1830. The van der Waals surface area contributed by atoms with Crippen LogP contribution >= 0.6 is 0 Å². The van der Waals surface area contributed by atoms with Gasteiger partial charge in [-0.3, -0.25) is 9.59 Å². The van der Waals surface area contributed by atoms with E-state index in [1.54, 1.807) is 0 Å². The van der Waals surface area contributed by atoms with Gasteiger partial charge in [-0.25, -0.2) is 0 Å². The summed E-state index contributed by atoms with van der Waals surface area (Å²) in [4.78, 5) is 28.9. The Kier molecular flexibility index (Phi) is 12.0. The van der Waals surface area contributed by atoms with Gasteiger partial charge in [-0.2, -0.15) is 0 Å². The molecule has 2 heterocycles. The van der Waals surface area contributed by atoms with Crippen LogP contribution in [-0.4, -0.2) is 46.3 Å². The molecule has 0 saturated heterocycles. The van der Waals surface area contributed by atoms with Crippen molar-refractivity contribution >= 4 is 23.2 Å². The van der Waals surface area contributed by atoms with Gasteiger partial charge in [0.25, 0.3) is 11.8 Å². The van der Waals surface area contributed by atoms with Crippen LogP contribution in [0.5, 0.6) is 0 Å². The van der Waals surface area contributed by atoms with Crippen LogP contribution in [0.1, 0.15) is 130 Å². The van der Waals surface area contributed by atoms with E-state index in [9.17, 15) is 9.59 Å². The first-order chi connectivity index (χ1) is 26.1. The maximum atomic E-state index is 15.2. The predicted octanol–water partition coefficient (Wildman–Crippen LogP) is 10.0. The van der Waals surface area contributed by atoms with Crippen LogP contribution in [0.25, 0.3) is 0 Å². The molecule has 4 atom stereocenters. The fourth-order valence-corrected chi connectivity index (χ4v) is 8.86. The Morgan fingerprint density at radius 2 is 0.836 bits per heavy atom. The summed E-state index contributed by atoms with van der Waals surface area (Å²) < 4.78 is -1.51. The van der Waals surface area contributed by atoms with E-state index in [1.807, 2.05) is 84.9 Å². The standard InChI is InChI=1S/C47H60N4O4/c1-30(2)38-20-13-21-39(31(3)4)44(38)48-46(52)42-26-34-16-9-11-18-36(34)28-50(42,54)24-15-25-51(55)29-37-19-12-10-17-35(37)27-43(51)47(53)49-45-40(32(5)6)22-14-23-41(45)33(7)8/h9-14,16-23,30-33,42-43H,15,24-29H2,1-8H3,(H,48,52)(H,49,53). The van der Waals surface area contributed by atoms with Crippen LogP contribution in [0.3, 0.4) is 0 Å². The number of nitrogens with one attached hydrogen (secondary N) is 2. The normalized spacial score (nSPS) is 22.1. The molecular formula is C47H60N4O4. The predicted molar refractivity (Wildman–Crippen MR) is 223 cm³/mol. The van der Waals surface area contributed by atoms with Gasteiger partial charge in [0, 0.05) is 41.8 Å². The van der Waals surface area contributed by atoms with Crippen molar-refractivity contribution in [1.82, 2.24) is 0 Å². The highest BCUT2D eigenvalue weighted by Gasteiger charge is 2.43. The number of carbonyl (C=O) groups is 2. The van der Waals surface area contributed by atoms with Crippen LogP contribution in [0.15, 0.2) is 84.9 Å². The summed E-state index contributed by atoms with van der Waals surface area (Å²) in [6.07, 6.45) is 0.899. The molecule has 2 amide bonds. The number of quaternary nitrogens is 2. The van der Waals surface area contributed by atoms with E-state index in [4.69, 9.17) is 0 Å². The number of nitrogens with zero attached hydrogens (tertiary/aromatic N) is 2. The van der Waals surface area contributed by atoms with Gasteiger partial charge in [0.1, 0.15) is 13.1 Å². The summed E-state index contributed by atoms with van der Waals surface area (Å²) in [6, 6.07) is 26.2. The highest BCUT2D eigenvalue weighted by atomic mass is 16.6. The van der Waals surface area contributed by atoms with Gasteiger partial charge in [-0.05, 0) is 57.1 Å². The molecule has 0 fully saturated rings. The number of fused-ring (bicyclic) bond motifs is 2. The lowest BCUT2D eigenvalue weighted by Gasteiger charge is -2.53. The Labute approximate surface area is 328 Å². The zero-order valence-electron chi connectivity index (χ0n) is 34.0. The van der Waals surface area contributed by atoms with Crippen molar-refractivity contribution in [2.45, 2.75) is 123 Å². The topological polar surface area (TPSA) is 104 Å². The van der Waals surface area contributed by atoms with E-state index in [-0.39, 0.29) is 68.1 Å². The van der Waals surface area contributed by atoms with Gasteiger partial charge in [-0.15, -0.1) is 0 Å². The van der Waals surface area contributed by atoms with Crippen LogP contribution in [-0.2, 0) is 35.5 Å². The number of para-hydroxylation sites is 2. The van der Waals surface area contributed by atoms with Crippen molar-refractivity contribution in [3.63, 3.8) is 0 Å². The largest absolute Gasteiger partial charge is 0.632 e. The van der Waals surface area contributed by atoms with Gasteiger partial charge >= 0.3 is 0 Å². The molecule has 55 heavy (non-hydrogen) atoms. The first-order valence-corrected chi connectivity index (χ1v) is 20.3. The lowest BCUT2D eigenvalue weighted by molar-refractivity contribution is -0.929. The summed E-state index contributed by atoms with van der Waals surface area (Å²) in [5, 5.41) is 36.9. The van der Waals surface area contributed by atoms with E-state index in [0.717, 1.165) is 55.9 Å². The molecule has 0 aromatic heterocycles. The van der Waals surface area contributed by atoms with Crippen molar-refractivity contribution in [3.8, 4) is 0 Å². The maximum Gasteiger partial charge on any atom is 0.283 e. The summed E-state index contributed by atoms with van der Waals surface area (Å²) in [6.45, 7) is 17.4. The van der Waals surface area contributed by atoms with Gasteiger partial charge in [-0.1, -0.05) is 140 Å². The number of rotatable bonds is 12. The lowest BCUT2D eigenvalue weighted by Crippen LogP contribution is -2.61. The molecule has 292 valence electrons. The summed E-state index contributed by atoms with van der Waals surface area (Å²) in [5.41, 5.74) is 9.67. The molecule has 0 spiro atoms. The molecule has 8 heteroatoms. The van der Waals surface area contributed by atoms with Crippen molar-refractivity contribution in [3.05, 3.63) is 140 Å². The first kappa shape index (κ1) is 40.3. The molecule has 0 saturated carbocycles. The van der Waals surface area contributed by atoms with Crippen LogP contribution < -0.4 is 10.6 Å². The van der Waals surface area contributed by atoms with E-state index in [1.165, 1.54) is 0 Å².